The highest BCUT2D eigenvalue weighted by Gasteiger charge is 2.25. The maximum atomic E-state index is 12.9. The topological polar surface area (TPSA) is 80.5 Å². The summed E-state index contributed by atoms with van der Waals surface area (Å²) in [6.45, 7) is 4.47. The highest BCUT2D eigenvalue weighted by Crippen LogP contribution is 2.24. The average Bonchev–Trinajstić information content (AvgIpc) is 3.06. The molecular formula is C18H24N4O3. The summed E-state index contributed by atoms with van der Waals surface area (Å²) in [6.07, 6.45) is 2.05. The summed E-state index contributed by atoms with van der Waals surface area (Å²) in [5.74, 6) is 2.16. The van der Waals surface area contributed by atoms with Crippen LogP contribution in [0.25, 0.3) is 0 Å². The fourth-order valence-electron chi connectivity index (χ4n) is 3.11. The molecule has 0 bridgehead atoms. The Morgan fingerprint density at radius 3 is 2.80 bits per heavy atom. The van der Waals surface area contributed by atoms with Gasteiger partial charge in [0, 0.05) is 20.0 Å². The third kappa shape index (κ3) is 4.36. The summed E-state index contributed by atoms with van der Waals surface area (Å²) in [5, 5.41) is 7.02. The standard InChI is InChI=1S/C18H24N4O3/c1-13-20-17(21-25-13)12-24-16-6-4-3-5-15(16)18(23)22-9-7-14(8-10-22)11-19-2/h3-6,14,19H,7-12H2,1-2H3. The van der Waals surface area contributed by atoms with Crippen LogP contribution in [-0.4, -0.2) is 47.6 Å². The van der Waals surface area contributed by atoms with E-state index < -0.39 is 0 Å². The fraction of sp³-hybridized carbons (Fsp3) is 0.500. The van der Waals surface area contributed by atoms with Gasteiger partial charge in [-0.15, -0.1) is 0 Å². The van der Waals surface area contributed by atoms with E-state index >= 15 is 0 Å². The van der Waals surface area contributed by atoms with E-state index in [1.54, 1.807) is 19.1 Å². The molecule has 1 aromatic carbocycles. The number of piperidine rings is 1. The highest BCUT2D eigenvalue weighted by atomic mass is 16.5. The molecule has 1 N–H and O–H groups in total. The SMILES string of the molecule is CNCC1CCN(C(=O)c2ccccc2OCc2noc(C)n2)CC1. The van der Waals surface area contributed by atoms with E-state index in [1.165, 1.54) is 0 Å². The Balaban J connectivity index is 1.64. The molecule has 0 aliphatic carbocycles. The maximum Gasteiger partial charge on any atom is 0.257 e. The fourth-order valence-corrected chi connectivity index (χ4v) is 3.11. The summed E-state index contributed by atoms with van der Waals surface area (Å²) in [5.41, 5.74) is 0.579. The molecule has 0 unspecified atom stereocenters. The van der Waals surface area contributed by atoms with Crippen molar-refractivity contribution in [3.05, 3.63) is 41.5 Å². The van der Waals surface area contributed by atoms with Crippen LogP contribution in [0.5, 0.6) is 5.75 Å². The number of carbonyl (C=O) groups is 1. The number of carbonyl (C=O) groups excluding carboxylic acids is 1. The molecule has 3 rings (SSSR count). The van der Waals surface area contributed by atoms with Gasteiger partial charge in [0.25, 0.3) is 5.91 Å². The predicted molar refractivity (Wildman–Crippen MR) is 92.4 cm³/mol. The van der Waals surface area contributed by atoms with Gasteiger partial charge in [-0.05, 0) is 44.5 Å². The van der Waals surface area contributed by atoms with Gasteiger partial charge < -0.3 is 19.5 Å². The molecule has 134 valence electrons. The van der Waals surface area contributed by atoms with Crippen molar-refractivity contribution in [2.45, 2.75) is 26.4 Å². The predicted octanol–water partition coefficient (Wildman–Crippen LogP) is 2.03. The summed E-state index contributed by atoms with van der Waals surface area (Å²) < 4.78 is 10.7. The molecule has 25 heavy (non-hydrogen) atoms. The zero-order valence-corrected chi connectivity index (χ0v) is 14.7. The lowest BCUT2D eigenvalue weighted by atomic mass is 9.96. The van der Waals surface area contributed by atoms with Gasteiger partial charge in [0.15, 0.2) is 6.61 Å². The van der Waals surface area contributed by atoms with Crippen LogP contribution in [-0.2, 0) is 6.61 Å². The molecule has 1 amide bonds. The number of aryl methyl sites for hydroxylation is 1. The second-order valence-electron chi connectivity index (χ2n) is 6.31. The van der Waals surface area contributed by atoms with Crippen molar-refractivity contribution in [1.29, 1.82) is 0 Å². The Hall–Kier alpha value is -2.41. The minimum atomic E-state index is 0.0165. The first-order valence-electron chi connectivity index (χ1n) is 8.62. The van der Waals surface area contributed by atoms with Crippen LogP contribution in [0.4, 0.5) is 0 Å². The number of para-hydroxylation sites is 1. The molecule has 1 fully saturated rings. The van der Waals surface area contributed by atoms with Crippen LogP contribution in [0.15, 0.2) is 28.8 Å². The van der Waals surface area contributed by atoms with E-state index in [-0.39, 0.29) is 12.5 Å². The first kappa shape index (κ1) is 17.4. The van der Waals surface area contributed by atoms with Crippen LogP contribution in [0.2, 0.25) is 0 Å². The van der Waals surface area contributed by atoms with E-state index in [0.717, 1.165) is 32.5 Å². The van der Waals surface area contributed by atoms with Gasteiger partial charge in [-0.25, -0.2) is 0 Å². The van der Waals surface area contributed by atoms with Gasteiger partial charge >= 0.3 is 0 Å². The van der Waals surface area contributed by atoms with Gasteiger partial charge in [0.05, 0.1) is 5.56 Å². The first-order valence-corrected chi connectivity index (χ1v) is 8.62. The number of amides is 1. The lowest BCUT2D eigenvalue weighted by molar-refractivity contribution is 0.0686. The van der Waals surface area contributed by atoms with Crippen molar-refractivity contribution < 1.29 is 14.1 Å². The molecule has 0 spiro atoms. The number of likely N-dealkylation sites (tertiary alicyclic amines) is 1. The molecule has 1 aliphatic heterocycles. The number of rotatable bonds is 6. The van der Waals surface area contributed by atoms with E-state index in [1.807, 2.05) is 24.1 Å². The zero-order chi connectivity index (χ0) is 17.6. The zero-order valence-electron chi connectivity index (χ0n) is 14.7. The summed E-state index contributed by atoms with van der Waals surface area (Å²) in [4.78, 5) is 18.9. The molecule has 0 atom stereocenters. The molecule has 2 aromatic rings. The number of benzene rings is 1. The third-order valence-electron chi connectivity index (χ3n) is 4.44. The van der Waals surface area contributed by atoms with Crippen LogP contribution in [0.3, 0.4) is 0 Å². The molecule has 7 heteroatoms. The molecule has 1 aromatic heterocycles. The van der Waals surface area contributed by atoms with Crippen molar-refractivity contribution in [3.63, 3.8) is 0 Å². The summed E-state index contributed by atoms with van der Waals surface area (Å²) in [7, 11) is 1.97. The summed E-state index contributed by atoms with van der Waals surface area (Å²) in [6, 6.07) is 7.31. The number of hydrogen-bond donors (Lipinski definition) is 1. The molecule has 1 saturated heterocycles. The van der Waals surface area contributed by atoms with Crippen molar-refractivity contribution in [2.75, 3.05) is 26.7 Å². The lowest BCUT2D eigenvalue weighted by Crippen LogP contribution is -2.40. The smallest absolute Gasteiger partial charge is 0.257 e. The Labute approximate surface area is 147 Å². The number of nitrogens with zero attached hydrogens (tertiary/aromatic N) is 3. The van der Waals surface area contributed by atoms with E-state index in [9.17, 15) is 4.79 Å². The Kier molecular flexibility index (Phi) is 5.65. The Bertz CT molecular complexity index is 708. The average molecular weight is 344 g/mol. The van der Waals surface area contributed by atoms with Crippen LogP contribution in [0, 0.1) is 12.8 Å². The molecule has 1 aliphatic rings. The minimum absolute atomic E-state index is 0.0165. The number of nitrogens with one attached hydrogen (secondary N) is 1. The number of hydrogen-bond acceptors (Lipinski definition) is 6. The number of ether oxygens (including phenoxy) is 1. The number of aromatic nitrogens is 2. The Morgan fingerprint density at radius 1 is 1.36 bits per heavy atom. The van der Waals surface area contributed by atoms with Crippen molar-refractivity contribution >= 4 is 5.91 Å². The first-order chi connectivity index (χ1) is 12.2. The maximum absolute atomic E-state index is 12.9. The van der Waals surface area contributed by atoms with E-state index in [0.29, 0.717) is 28.9 Å². The van der Waals surface area contributed by atoms with Crippen LogP contribution in [0.1, 0.15) is 34.9 Å². The lowest BCUT2D eigenvalue weighted by Gasteiger charge is -2.32. The van der Waals surface area contributed by atoms with Crippen LogP contribution >= 0.6 is 0 Å². The Morgan fingerprint density at radius 2 is 2.12 bits per heavy atom. The quantitative estimate of drug-likeness (QED) is 0.864. The monoisotopic (exact) mass is 344 g/mol. The van der Waals surface area contributed by atoms with Crippen molar-refractivity contribution in [2.24, 2.45) is 5.92 Å². The second kappa shape index (κ2) is 8.11. The largest absolute Gasteiger partial charge is 0.485 e. The normalized spacial score (nSPS) is 15.4. The van der Waals surface area contributed by atoms with Crippen molar-refractivity contribution in [3.8, 4) is 5.75 Å². The second-order valence-corrected chi connectivity index (χ2v) is 6.31. The molecule has 7 nitrogen and oxygen atoms in total. The van der Waals surface area contributed by atoms with Gasteiger partial charge in [0.1, 0.15) is 5.75 Å². The van der Waals surface area contributed by atoms with E-state index in [4.69, 9.17) is 9.26 Å². The molecule has 2 heterocycles. The van der Waals surface area contributed by atoms with Crippen LogP contribution < -0.4 is 10.1 Å². The molecule has 0 saturated carbocycles. The molecule has 0 radical (unpaired) electrons. The third-order valence-corrected chi connectivity index (χ3v) is 4.44. The van der Waals surface area contributed by atoms with Gasteiger partial charge in [-0.1, -0.05) is 17.3 Å². The van der Waals surface area contributed by atoms with Gasteiger partial charge in [-0.3, -0.25) is 4.79 Å². The highest BCUT2D eigenvalue weighted by molar-refractivity contribution is 5.97. The molecular weight excluding hydrogens is 320 g/mol. The summed E-state index contributed by atoms with van der Waals surface area (Å²) >= 11 is 0. The minimum Gasteiger partial charge on any atom is -0.485 e. The van der Waals surface area contributed by atoms with Gasteiger partial charge in [0.2, 0.25) is 11.7 Å². The van der Waals surface area contributed by atoms with Gasteiger partial charge in [-0.2, -0.15) is 4.98 Å². The van der Waals surface area contributed by atoms with Crippen molar-refractivity contribution in [1.82, 2.24) is 20.4 Å². The van der Waals surface area contributed by atoms with E-state index in [2.05, 4.69) is 15.5 Å².